The fraction of sp³-hybridized carbons (Fsp3) is 0.100. The number of amidine groups is 1. The van der Waals surface area contributed by atoms with Crippen molar-refractivity contribution in [1.29, 1.82) is 0 Å². The summed E-state index contributed by atoms with van der Waals surface area (Å²) in [6.45, 7) is 0. The number of methoxy groups -OCH3 is 1. The van der Waals surface area contributed by atoms with Crippen molar-refractivity contribution in [2.75, 3.05) is 17.3 Å². The summed E-state index contributed by atoms with van der Waals surface area (Å²) in [6, 6.07) is 15.8. The van der Waals surface area contributed by atoms with Crippen LogP contribution >= 0.6 is 11.6 Å². The van der Waals surface area contributed by atoms with E-state index in [-0.39, 0.29) is 5.84 Å². The molecular formula is C20H17ClN4O3. The zero-order valence-corrected chi connectivity index (χ0v) is 15.7. The van der Waals surface area contributed by atoms with Gasteiger partial charge in [0.25, 0.3) is 5.91 Å². The number of halogens is 1. The van der Waals surface area contributed by atoms with E-state index in [0.29, 0.717) is 33.6 Å². The molecule has 8 heteroatoms. The normalized spacial score (nSPS) is 15.6. The summed E-state index contributed by atoms with van der Waals surface area (Å²) in [7, 11) is 1.59. The van der Waals surface area contributed by atoms with E-state index in [2.05, 4.69) is 10.3 Å². The van der Waals surface area contributed by atoms with Gasteiger partial charge in [0.1, 0.15) is 11.9 Å². The molecule has 3 N–H and O–H groups in total. The summed E-state index contributed by atoms with van der Waals surface area (Å²) in [5.74, 6) is 0.715. The number of benzene rings is 2. The summed E-state index contributed by atoms with van der Waals surface area (Å²) in [4.78, 5) is 19.0. The Morgan fingerprint density at radius 1 is 1.18 bits per heavy atom. The number of furan rings is 1. The van der Waals surface area contributed by atoms with Crippen LogP contribution < -0.4 is 20.7 Å². The van der Waals surface area contributed by atoms with Crippen LogP contribution in [0.1, 0.15) is 11.7 Å². The first-order chi connectivity index (χ1) is 13.6. The third-order valence-corrected chi connectivity index (χ3v) is 4.61. The van der Waals surface area contributed by atoms with Gasteiger partial charge in [-0.2, -0.15) is 4.99 Å². The van der Waals surface area contributed by atoms with E-state index in [9.17, 15) is 4.79 Å². The fourth-order valence-electron chi connectivity index (χ4n) is 2.95. The van der Waals surface area contributed by atoms with Gasteiger partial charge in [-0.05, 0) is 54.6 Å². The van der Waals surface area contributed by atoms with E-state index in [4.69, 9.17) is 26.5 Å². The Kier molecular flexibility index (Phi) is 4.77. The predicted octanol–water partition coefficient (Wildman–Crippen LogP) is 4.09. The number of ether oxygens (including phenoxy) is 1. The number of carbonyl (C=O) groups is 1. The van der Waals surface area contributed by atoms with Gasteiger partial charge >= 0.3 is 0 Å². The molecule has 0 fully saturated rings. The molecular weight excluding hydrogens is 380 g/mol. The van der Waals surface area contributed by atoms with Crippen molar-refractivity contribution in [1.82, 2.24) is 0 Å². The Morgan fingerprint density at radius 3 is 2.57 bits per heavy atom. The van der Waals surface area contributed by atoms with E-state index < -0.39 is 12.1 Å². The molecule has 1 amide bonds. The molecule has 2 heterocycles. The number of hydrogen-bond acceptors (Lipinski definition) is 6. The van der Waals surface area contributed by atoms with Gasteiger partial charge in [-0.1, -0.05) is 11.6 Å². The number of nitrogens with two attached hydrogens (primary N) is 1. The first-order valence-electron chi connectivity index (χ1n) is 8.48. The minimum Gasteiger partial charge on any atom is -0.497 e. The number of anilines is 2. The maximum Gasteiger partial charge on any atom is 0.291 e. The summed E-state index contributed by atoms with van der Waals surface area (Å²) in [5, 5.41) is 3.39. The number of hydrogen-bond donors (Lipinski definition) is 2. The van der Waals surface area contributed by atoms with Crippen LogP contribution in [0.4, 0.5) is 17.3 Å². The molecule has 7 nitrogen and oxygen atoms in total. The minimum atomic E-state index is -0.634. The molecule has 0 bridgehead atoms. The number of aliphatic imine (C=N–C) groups is 1. The molecule has 1 atom stereocenters. The predicted molar refractivity (Wildman–Crippen MR) is 108 cm³/mol. The van der Waals surface area contributed by atoms with Crippen LogP contribution in [0.25, 0.3) is 0 Å². The highest BCUT2D eigenvalue weighted by Gasteiger charge is 2.34. The number of fused-ring (bicyclic) bond motifs is 1. The topological polar surface area (TPSA) is 93.1 Å². The highest BCUT2D eigenvalue weighted by atomic mass is 35.5. The smallest absolute Gasteiger partial charge is 0.291 e. The Bertz CT molecular complexity index is 1030. The summed E-state index contributed by atoms with van der Waals surface area (Å²) < 4.78 is 10.6. The van der Waals surface area contributed by atoms with Gasteiger partial charge in [-0.15, -0.1) is 0 Å². The van der Waals surface area contributed by atoms with Crippen LogP contribution in [0.15, 0.2) is 70.3 Å². The Labute approximate surface area is 166 Å². The fourth-order valence-corrected chi connectivity index (χ4v) is 3.08. The van der Waals surface area contributed by atoms with Gasteiger partial charge in [-0.3, -0.25) is 4.79 Å². The molecule has 0 saturated carbocycles. The zero-order chi connectivity index (χ0) is 19.7. The first-order valence-corrected chi connectivity index (χ1v) is 8.86. The average Bonchev–Trinajstić information content (AvgIpc) is 3.19. The number of carbonyl (C=O) groups excluding carboxylic acids is 1. The van der Waals surface area contributed by atoms with Crippen molar-refractivity contribution in [2.45, 2.75) is 6.17 Å². The van der Waals surface area contributed by atoms with Gasteiger partial charge in [-0.25, -0.2) is 0 Å². The molecule has 0 spiro atoms. The second-order valence-electron chi connectivity index (χ2n) is 6.09. The van der Waals surface area contributed by atoms with Crippen LogP contribution in [0.2, 0.25) is 5.02 Å². The monoisotopic (exact) mass is 396 g/mol. The van der Waals surface area contributed by atoms with E-state index >= 15 is 0 Å². The first kappa shape index (κ1) is 18.1. The number of nitrogens with one attached hydrogen (secondary N) is 1. The molecule has 0 saturated heterocycles. The Balaban J connectivity index is 1.71. The minimum absolute atomic E-state index is 0.120. The van der Waals surface area contributed by atoms with Gasteiger partial charge in [0.05, 0.1) is 18.9 Å². The highest BCUT2D eigenvalue weighted by Crippen LogP contribution is 2.36. The lowest BCUT2D eigenvalue weighted by molar-refractivity contribution is -0.110. The third-order valence-electron chi connectivity index (χ3n) is 4.36. The quantitative estimate of drug-likeness (QED) is 0.692. The maximum atomic E-state index is 13.0. The molecule has 3 aromatic rings. The molecule has 142 valence electrons. The molecule has 1 aliphatic rings. The van der Waals surface area contributed by atoms with Crippen molar-refractivity contribution in [2.24, 2.45) is 10.7 Å². The SMILES string of the molecule is COc1ccc(N2C(C(=O)Nc3ccc(Cl)cc3)=Nc3occc3C2N)cc1. The molecule has 0 aliphatic carbocycles. The molecule has 0 radical (unpaired) electrons. The number of rotatable bonds is 4. The summed E-state index contributed by atoms with van der Waals surface area (Å²) >= 11 is 5.90. The Morgan fingerprint density at radius 2 is 1.89 bits per heavy atom. The highest BCUT2D eigenvalue weighted by molar-refractivity contribution is 6.47. The van der Waals surface area contributed by atoms with Gasteiger partial charge in [0.15, 0.2) is 0 Å². The average molecular weight is 397 g/mol. The van der Waals surface area contributed by atoms with Crippen LogP contribution in [-0.2, 0) is 4.79 Å². The van der Waals surface area contributed by atoms with Crippen molar-refractivity contribution in [3.63, 3.8) is 0 Å². The lowest BCUT2D eigenvalue weighted by Gasteiger charge is -2.33. The third kappa shape index (κ3) is 3.33. The summed E-state index contributed by atoms with van der Waals surface area (Å²) in [6.07, 6.45) is 0.867. The standard InChI is InChI=1S/C20H17ClN4O3/c1-27-15-8-6-14(7-9-15)25-17(22)16-10-11-28-20(16)24-18(25)19(26)23-13-4-2-12(21)3-5-13/h2-11,17H,22H2,1H3,(H,23,26). The molecule has 28 heavy (non-hydrogen) atoms. The molecule has 4 rings (SSSR count). The van der Waals surface area contributed by atoms with E-state index in [1.165, 1.54) is 6.26 Å². The largest absolute Gasteiger partial charge is 0.497 e. The number of nitrogens with zero attached hydrogens (tertiary/aromatic N) is 2. The molecule has 1 aromatic heterocycles. The molecule has 1 unspecified atom stereocenters. The lowest BCUT2D eigenvalue weighted by Crippen LogP contribution is -2.47. The maximum absolute atomic E-state index is 13.0. The van der Waals surface area contributed by atoms with Crippen LogP contribution in [0.5, 0.6) is 5.75 Å². The van der Waals surface area contributed by atoms with Crippen molar-refractivity contribution < 1.29 is 13.9 Å². The van der Waals surface area contributed by atoms with E-state index in [0.717, 1.165) is 0 Å². The second kappa shape index (κ2) is 7.38. The lowest BCUT2D eigenvalue weighted by atomic mass is 10.1. The van der Waals surface area contributed by atoms with Gasteiger partial charge in [0, 0.05) is 16.4 Å². The van der Waals surface area contributed by atoms with Crippen molar-refractivity contribution >= 4 is 40.6 Å². The Hall–Kier alpha value is -3.29. The molecule has 1 aliphatic heterocycles. The zero-order valence-electron chi connectivity index (χ0n) is 14.9. The van der Waals surface area contributed by atoms with Crippen LogP contribution in [0.3, 0.4) is 0 Å². The van der Waals surface area contributed by atoms with Crippen molar-refractivity contribution in [3.8, 4) is 5.75 Å². The van der Waals surface area contributed by atoms with Crippen LogP contribution in [-0.4, -0.2) is 18.9 Å². The van der Waals surface area contributed by atoms with Gasteiger partial charge in [0.2, 0.25) is 11.7 Å². The van der Waals surface area contributed by atoms with E-state index in [1.807, 2.05) is 12.1 Å². The molecule has 2 aromatic carbocycles. The van der Waals surface area contributed by atoms with Gasteiger partial charge < -0.3 is 25.1 Å². The number of amides is 1. The summed E-state index contributed by atoms with van der Waals surface area (Å²) in [5.41, 5.74) is 8.42. The van der Waals surface area contributed by atoms with Crippen molar-refractivity contribution in [3.05, 3.63) is 71.4 Å². The van der Waals surface area contributed by atoms with E-state index in [1.54, 1.807) is 54.5 Å². The van der Waals surface area contributed by atoms with Crippen LogP contribution in [0, 0.1) is 0 Å². The second-order valence-corrected chi connectivity index (χ2v) is 6.53.